The number of aryl methyl sites for hydroxylation is 2. The van der Waals surface area contributed by atoms with Crippen LogP contribution in [0.2, 0.25) is 0 Å². The molecule has 0 saturated heterocycles. The molecule has 0 saturated carbocycles. The van der Waals surface area contributed by atoms with Gasteiger partial charge in [0.15, 0.2) is 5.65 Å². The third kappa shape index (κ3) is 4.16. The van der Waals surface area contributed by atoms with Gasteiger partial charge in [-0.3, -0.25) is 18.7 Å². The first-order valence-corrected chi connectivity index (χ1v) is 9.90. The molecule has 0 unspecified atom stereocenters. The molecule has 0 aliphatic heterocycles. The van der Waals surface area contributed by atoms with Crippen molar-refractivity contribution in [1.82, 2.24) is 19.1 Å². The Morgan fingerprint density at radius 2 is 1.90 bits per heavy atom. The molecule has 1 N–H and O–H groups in total. The van der Waals surface area contributed by atoms with Crippen LogP contribution in [0.1, 0.15) is 12.7 Å². The average Bonchev–Trinajstić information content (AvgIpc) is 2.70. The molecule has 3 aromatic rings. The normalized spacial score (nSPS) is 10.9. The molecule has 10 heteroatoms. The Labute approximate surface area is 170 Å². The van der Waals surface area contributed by atoms with E-state index in [1.165, 1.54) is 11.6 Å². The fourth-order valence-corrected chi connectivity index (χ4v) is 3.67. The molecule has 0 fully saturated rings. The molecule has 2 aromatic heterocycles. The van der Waals surface area contributed by atoms with Gasteiger partial charge in [-0.05, 0) is 26.0 Å². The van der Waals surface area contributed by atoms with E-state index in [1.54, 1.807) is 32.2 Å². The van der Waals surface area contributed by atoms with Crippen molar-refractivity contribution in [2.75, 3.05) is 17.7 Å². The number of rotatable bonds is 6. The highest BCUT2D eigenvalue weighted by Gasteiger charge is 2.17. The fraction of sp³-hybridized carbons (Fsp3) is 0.316. The van der Waals surface area contributed by atoms with E-state index in [1.807, 2.05) is 13.0 Å². The van der Waals surface area contributed by atoms with Gasteiger partial charge in [0, 0.05) is 14.1 Å². The van der Waals surface area contributed by atoms with E-state index in [2.05, 4.69) is 15.3 Å². The number of hydrogen-bond acceptors (Lipinski definition) is 7. The summed E-state index contributed by atoms with van der Waals surface area (Å²) in [6, 6.07) is 7.16. The molecule has 3 rings (SSSR count). The number of para-hydroxylation sites is 2. The number of aromatic nitrogens is 4. The number of amides is 1. The number of ether oxygens (including phenoxy) is 1. The maximum atomic E-state index is 12.6. The van der Waals surface area contributed by atoms with Crippen molar-refractivity contribution in [3.05, 3.63) is 50.9 Å². The second-order valence-corrected chi connectivity index (χ2v) is 7.21. The number of fused-ring (bicyclic) bond motifs is 1. The van der Waals surface area contributed by atoms with Crippen molar-refractivity contribution < 1.29 is 9.53 Å². The van der Waals surface area contributed by atoms with Gasteiger partial charge < -0.3 is 10.1 Å². The summed E-state index contributed by atoms with van der Waals surface area (Å²) >= 11 is 1.12. The molecule has 0 radical (unpaired) electrons. The Morgan fingerprint density at radius 3 is 2.62 bits per heavy atom. The fourth-order valence-electron chi connectivity index (χ4n) is 2.81. The summed E-state index contributed by atoms with van der Waals surface area (Å²) in [5.41, 5.74) is -0.147. The standard InChI is InChI=1S/C19H21N5O4S/c1-5-28-13-9-7-6-8-12(13)22-14(25)10-29-17-15-16(20-11(2)21-17)23(3)19(27)24(4)18(15)26/h6-9H,5,10H2,1-4H3,(H,22,25). The Bertz CT molecular complexity index is 1200. The van der Waals surface area contributed by atoms with Gasteiger partial charge in [0.2, 0.25) is 5.91 Å². The van der Waals surface area contributed by atoms with Crippen LogP contribution in [0.25, 0.3) is 11.0 Å². The van der Waals surface area contributed by atoms with Gasteiger partial charge in [-0.25, -0.2) is 14.8 Å². The first kappa shape index (κ1) is 20.6. The van der Waals surface area contributed by atoms with Crippen LogP contribution in [0.15, 0.2) is 38.9 Å². The van der Waals surface area contributed by atoms with E-state index >= 15 is 0 Å². The lowest BCUT2D eigenvalue weighted by atomic mass is 10.3. The van der Waals surface area contributed by atoms with Gasteiger partial charge in [-0.2, -0.15) is 0 Å². The summed E-state index contributed by atoms with van der Waals surface area (Å²) < 4.78 is 7.81. The van der Waals surface area contributed by atoms with Crippen LogP contribution in [0.5, 0.6) is 5.75 Å². The van der Waals surface area contributed by atoms with Gasteiger partial charge in [-0.15, -0.1) is 0 Å². The minimum absolute atomic E-state index is 0.0258. The number of nitrogens with zero attached hydrogens (tertiary/aromatic N) is 4. The van der Waals surface area contributed by atoms with Crippen LogP contribution in [-0.4, -0.2) is 37.4 Å². The zero-order valence-corrected chi connectivity index (χ0v) is 17.4. The third-order valence-corrected chi connectivity index (χ3v) is 5.15. The zero-order chi connectivity index (χ0) is 21.1. The minimum Gasteiger partial charge on any atom is -0.492 e. The number of benzene rings is 1. The molecule has 0 aliphatic rings. The van der Waals surface area contributed by atoms with E-state index in [0.29, 0.717) is 28.9 Å². The number of nitrogens with one attached hydrogen (secondary N) is 1. The van der Waals surface area contributed by atoms with Gasteiger partial charge in [0.25, 0.3) is 5.56 Å². The van der Waals surface area contributed by atoms with Crippen molar-refractivity contribution in [2.24, 2.45) is 14.1 Å². The van der Waals surface area contributed by atoms with Crippen molar-refractivity contribution in [1.29, 1.82) is 0 Å². The van der Waals surface area contributed by atoms with Crippen LogP contribution in [0.3, 0.4) is 0 Å². The summed E-state index contributed by atoms with van der Waals surface area (Å²) in [5.74, 6) is 0.747. The van der Waals surface area contributed by atoms with Gasteiger partial charge in [0.1, 0.15) is 22.0 Å². The quantitative estimate of drug-likeness (QED) is 0.480. The van der Waals surface area contributed by atoms with Gasteiger partial charge in [-0.1, -0.05) is 23.9 Å². The van der Waals surface area contributed by atoms with E-state index in [4.69, 9.17) is 4.74 Å². The van der Waals surface area contributed by atoms with Crippen LogP contribution in [0, 0.1) is 6.92 Å². The van der Waals surface area contributed by atoms with Crippen LogP contribution >= 0.6 is 11.8 Å². The summed E-state index contributed by atoms with van der Waals surface area (Å²) in [6.07, 6.45) is 0. The lowest BCUT2D eigenvalue weighted by Crippen LogP contribution is -2.37. The Kier molecular flexibility index (Phi) is 6.02. The van der Waals surface area contributed by atoms with Crippen molar-refractivity contribution in [2.45, 2.75) is 18.9 Å². The predicted molar refractivity (Wildman–Crippen MR) is 112 cm³/mol. The van der Waals surface area contributed by atoms with E-state index in [0.717, 1.165) is 16.3 Å². The molecule has 2 heterocycles. The highest BCUT2D eigenvalue weighted by molar-refractivity contribution is 8.00. The summed E-state index contributed by atoms with van der Waals surface area (Å²) in [6.45, 7) is 4.02. The third-order valence-electron chi connectivity index (χ3n) is 4.18. The van der Waals surface area contributed by atoms with Crippen molar-refractivity contribution >= 4 is 34.4 Å². The predicted octanol–water partition coefficient (Wildman–Crippen LogP) is 1.47. The zero-order valence-electron chi connectivity index (χ0n) is 16.6. The first-order valence-electron chi connectivity index (χ1n) is 8.92. The Hall–Kier alpha value is -3.14. The maximum absolute atomic E-state index is 12.6. The van der Waals surface area contributed by atoms with E-state index in [-0.39, 0.29) is 22.7 Å². The summed E-state index contributed by atoms with van der Waals surface area (Å²) in [5, 5.41) is 3.38. The van der Waals surface area contributed by atoms with E-state index in [9.17, 15) is 14.4 Å². The van der Waals surface area contributed by atoms with Crippen LogP contribution in [0.4, 0.5) is 5.69 Å². The number of carbonyl (C=O) groups excluding carboxylic acids is 1. The molecule has 0 spiro atoms. The molecule has 9 nitrogen and oxygen atoms in total. The SMILES string of the molecule is CCOc1ccccc1NC(=O)CSc1nc(C)nc2c1c(=O)n(C)c(=O)n2C. The number of anilines is 1. The lowest BCUT2D eigenvalue weighted by Gasteiger charge is -2.12. The summed E-state index contributed by atoms with van der Waals surface area (Å²) in [7, 11) is 2.94. The Balaban J connectivity index is 1.89. The highest BCUT2D eigenvalue weighted by atomic mass is 32.2. The first-order chi connectivity index (χ1) is 13.8. The monoisotopic (exact) mass is 415 g/mol. The highest BCUT2D eigenvalue weighted by Crippen LogP contribution is 2.25. The van der Waals surface area contributed by atoms with Crippen molar-refractivity contribution in [3.63, 3.8) is 0 Å². The molecule has 0 atom stereocenters. The van der Waals surface area contributed by atoms with Crippen molar-refractivity contribution in [3.8, 4) is 5.75 Å². The molecule has 152 valence electrons. The lowest BCUT2D eigenvalue weighted by molar-refractivity contribution is -0.113. The smallest absolute Gasteiger partial charge is 0.332 e. The molecule has 1 aromatic carbocycles. The largest absolute Gasteiger partial charge is 0.492 e. The van der Waals surface area contributed by atoms with Crippen LogP contribution < -0.4 is 21.3 Å². The minimum atomic E-state index is -0.493. The molecule has 1 amide bonds. The van der Waals surface area contributed by atoms with Crippen LogP contribution in [-0.2, 0) is 18.9 Å². The van der Waals surface area contributed by atoms with E-state index < -0.39 is 11.2 Å². The van der Waals surface area contributed by atoms with Gasteiger partial charge in [0.05, 0.1) is 18.0 Å². The topological polar surface area (TPSA) is 108 Å². The Morgan fingerprint density at radius 1 is 1.17 bits per heavy atom. The summed E-state index contributed by atoms with van der Waals surface area (Å²) in [4.78, 5) is 45.8. The molecular weight excluding hydrogens is 394 g/mol. The van der Waals surface area contributed by atoms with Gasteiger partial charge >= 0.3 is 5.69 Å². The number of hydrogen-bond donors (Lipinski definition) is 1. The molecule has 0 bridgehead atoms. The second kappa shape index (κ2) is 8.48. The number of thioether (sulfide) groups is 1. The molecule has 0 aliphatic carbocycles. The molecule has 29 heavy (non-hydrogen) atoms. The number of carbonyl (C=O) groups is 1. The molecular formula is C19H21N5O4S. The maximum Gasteiger partial charge on any atom is 0.332 e. The average molecular weight is 415 g/mol. The second-order valence-electron chi connectivity index (χ2n) is 6.25.